The van der Waals surface area contributed by atoms with Crippen LogP contribution >= 0.6 is 0 Å². The smallest absolute Gasteiger partial charge is 0.248 e. The molecule has 1 aliphatic rings. The quantitative estimate of drug-likeness (QED) is 0.626. The number of methoxy groups -OCH3 is 1. The Labute approximate surface area is 179 Å². The van der Waals surface area contributed by atoms with E-state index in [0.717, 1.165) is 41.0 Å². The van der Waals surface area contributed by atoms with E-state index in [-0.39, 0.29) is 10.2 Å². The van der Waals surface area contributed by atoms with Crippen LogP contribution in [0.1, 0.15) is 38.6 Å². The van der Waals surface area contributed by atoms with Crippen LogP contribution < -0.4 is 15.8 Å². The third-order valence-corrected chi connectivity index (χ3v) is 5.61. The van der Waals surface area contributed by atoms with Crippen LogP contribution in [-0.4, -0.2) is 23.9 Å². The standard InChI is InChI=1S/C24H23N3O3.3H2/c1-15-3-12-20(26-21(15)16-4-6-17(7-5-16)22(25)28)27-23(29)24(13-14-24)18-8-10-19(30-2)11-9-18;;;/h3-12H,13-14H2,1-2H3,(H2,25,28)(H,26,27,29);3*1H. The lowest BCUT2D eigenvalue weighted by atomic mass is 9.95. The SMILES string of the molecule is COc1ccc(C2(C(=O)Nc3ccc(C)c(-c4ccc(C(N)=O)cc4)n3)CC2)cc1.[HH].[HH].[HH]. The molecule has 2 amide bonds. The Morgan fingerprint density at radius 1 is 1.03 bits per heavy atom. The highest BCUT2D eigenvalue weighted by molar-refractivity contribution is 6.01. The van der Waals surface area contributed by atoms with Crippen LogP contribution in [0.5, 0.6) is 5.75 Å². The number of nitrogens with zero attached hydrogens (tertiary/aromatic N) is 1. The molecule has 0 unspecified atom stereocenters. The Kier molecular flexibility index (Phi) is 4.99. The average Bonchev–Trinajstić information content (AvgIpc) is 3.57. The molecule has 0 aliphatic heterocycles. The molecule has 3 aromatic rings. The Balaban J connectivity index is 0.00000181. The van der Waals surface area contributed by atoms with Crippen LogP contribution in [0.15, 0.2) is 60.7 Å². The maximum absolute atomic E-state index is 13.1. The van der Waals surface area contributed by atoms with Gasteiger partial charge in [0.15, 0.2) is 0 Å². The minimum Gasteiger partial charge on any atom is -0.497 e. The van der Waals surface area contributed by atoms with Crippen LogP contribution in [0.3, 0.4) is 0 Å². The largest absolute Gasteiger partial charge is 0.497 e. The molecule has 1 saturated carbocycles. The first-order chi connectivity index (χ1) is 14.4. The number of hydrogen-bond donors (Lipinski definition) is 2. The van der Waals surface area contributed by atoms with E-state index in [1.165, 1.54) is 0 Å². The van der Waals surface area contributed by atoms with E-state index in [4.69, 9.17) is 10.5 Å². The van der Waals surface area contributed by atoms with Crippen LogP contribution in [0.4, 0.5) is 5.82 Å². The second-order valence-electron chi connectivity index (χ2n) is 7.57. The van der Waals surface area contributed by atoms with E-state index in [1.807, 2.05) is 37.3 Å². The molecule has 6 nitrogen and oxygen atoms in total. The van der Waals surface area contributed by atoms with E-state index >= 15 is 0 Å². The van der Waals surface area contributed by atoms with Crippen molar-refractivity contribution in [3.05, 3.63) is 77.4 Å². The number of carbonyl (C=O) groups is 2. The second kappa shape index (κ2) is 7.63. The molecule has 1 aromatic heterocycles. The highest BCUT2D eigenvalue weighted by Crippen LogP contribution is 2.49. The van der Waals surface area contributed by atoms with Crippen LogP contribution in [0, 0.1) is 6.92 Å². The Morgan fingerprint density at radius 3 is 2.27 bits per heavy atom. The number of ether oxygens (including phenoxy) is 1. The van der Waals surface area contributed by atoms with Gasteiger partial charge >= 0.3 is 0 Å². The van der Waals surface area contributed by atoms with Gasteiger partial charge in [-0.3, -0.25) is 9.59 Å². The van der Waals surface area contributed by atoms with E-state index in [2.05, 4.69) is 10.3 Å². The number of carbonyl (C=O) groups excluding carboxylic acids is 2. The highest BCUT2D eigenvalue weighted by atomic mass is 16.5. The molecule has 6 heteroatoms. The van der Waals surface area contributed by atoms with Gasteiger partial charge in [0, 0.05) is 15.4 Å². The van der Waals surface area contributed by atoms with Gasteiger partial charge in [0.1, 0.15) is 11.6 Å². The van der Waals surface area contributed by atoms with Crippen molar-refractivity contribution >= 4 is 17.6 Å². The van der Waals surface area contributed by atoms with Gasteiger partial charge in [0.25, 0.3) is 0 Å². The zero-order valence-corrected chi connectivity index (χ0v) is 16.9. The van der Waals surface area contributed by atoms with Gasteiger partial charge in [0.2, 0.25) is 11.8 Å². The van der Waals surface area contributed by atoms with E-state index in [1.54, 1.807) is 37.4 Å². The predicted octanol–water partition coefficient (Wildman–Crippen LogP) is 4.57. The zero-order chi connectivity index (χ0) is 21.3. The lowest BCUT2D eigenvalue weighted by Gasteiger charge is -2.17. The minimum atomic E-state index is -0.512. The molecule has 0 saturated heterocycles. The summed E-state index contributed by atoms with van der Waals surface area (Å²) in [6.45, 7) is 1.95. The summed E-state index contributed by atoms with van der Waals surface area (Å²) < 4.78 is 5.21. The van der Waals surface area contributed by atoms with Crippen molar-refractivity contribution in [3.63, 3.8) is 0 Å². The van der Waals surface area contributed by atoms with Gasteiger partial charge < -0.3 is 15.8 Å². The molecular formula is C24H29N3O3. The molecule has 1 fully saturated rings. The summed E-state index contributed by atoms with van der Waals surface area (Å²) in [4.78, 5) is 29.0. The van der Waals surface area contributed by atoms with Gasteiger partial charge in [-0.2, -0.15) is 0 Å². The van der Waals surface area contributed by atoms with Gasteiger partial charge in [-0.1, -0.05) is 30.3 Å². The molecule has 158 valence electrons. The number of anilines is 1. The van der Waals surface area contributed by atoms with Crippen molar-refractivity contribution in [2.24, 2.45) is 5.73 Å². The predicted molar refractivity (Wildman–Crippen MR) is 122 cm³/mol. The van der Waals surface area contributed by atoms with E-state index in [9.17, 15) is 9.59 Å². The lowest BCUT2D eigenvalue weighted by Crippen LogP contribution is -2.28. The summed E-state index contributed by atoms with van der Waals surface area (Å²) in [7, 11) is 1.62. The molecule has 4 rings (SSSR count). The maximum atomic E-state index is 13.1. The Morgan fingerprint density at radius 2 is 1.70 bits per heavy atom. The number of primary amides is 1. The summed E-state index contributed by atoms with van der Waals surface area (Å²) in [5, 5.41) is 2.98. The number of amides is 2. The van der Waals surface area contributed by atoms with Crippen LogP contribution in [-0.2, 0) is 10.2 Å². The fraction of sp³-hybridized carbons (Fsp3) is 0.208. The summed E-state index contributed by atoms with van der Waals surface area (Å²) >= 11 is 0. The first-order valence-corrected chi connectivity index (χ1v) is 9.77. The number of pyridine rings is 1. The number of nitrogens with one attached hydrogen (secondary N) is 1. The molecule has 0 atom stereocenters. The molecule has 0 bridgehead atoms. The monoisotopic (exact) mass is 407 g/mol. The lowest BCUT2D eigenvalue weighted by molar-refractivity contribution is -0.118. The van der Waals surface area contributed by atoms with Crippen molar-refractivity contribution in [2.45, 2.75) is 25.2 Å². The van der Waals surface area contributed by atoms with Crippen molar-refractivity contribution < 1.29 is 18.6 Å². The highest BCUT2D eigenvalue weighted by Gasteiger charge is 2.51. The molecule has 1 aliphatic carbocycles. The number of hydrogen-bond acceptors (Lipinski definition) is 4. The molecular weight excluding hydrogens is 378 g/mol. The maximum Gasteiger partial charge on any atom is 0.248 e. The van der Waals surface area contributed by atoms with Gasteiger partial charge in [0.05, 0.1) is 18.2 Å². The summed E-state index contributed by atoms with van der Waals surface area (Å²) in [5.74, 6) is 0.737. The second-order valence-corrected chi connectivity index (χ2v) is 7.57. The van der Waals surface area contributed by atoms with Crippen molar-refractivity contribution in [1.82, 2.24) is 4.98 Å². The fourth-order valence-electron chi connectivity index (χ4n) is 3.60. The average molecular weight is 408 g/mol. The molecule has 2 aromatic carbocycles. The van der Waals surface area contributed by atoms with Crippen molar-refractivity contribution in [2.75, 3.05) is 12.4 Å². The molecule has 0 radical (unpaired) electrons. The third-order valence-electron chi connectivity index (χ3n) is 5.61. The van der Waals surface area contributed by atoms with E-state index in [0.29, 0.717) is 11.4 Å². The Bertz CT molecular complexity index is 1120. The number of aromatic nitrogens is 1. The van der Waals surface area contributed by atoms with E-state index < -0.39 is 11.3 Å². The molecule has 1 heterocycles. The topological polar surface area (TPSA) is 94.3 Å². The minimum absolute atomic E-state index is 0. The van der Waals surface area contributed by atoms with Gasteiger partial charge in [-0.25, -0.2) is 4.98 Å². The molecule has 0 spiro atoms. The first-order valence-electron chi connectivity index (χ1n) is 9.77. The van der Waals surface area contributed by atoms with Gasteiger partial charge in [-0.05, 0) is 61.2 Å². The fourth-order valence-corrected chi connectivity index (χ4v) is 3.60. The zero-order valence-electron chi connectivity index (χ0n) is 16.9. The van der Waals surface area contributed by atoms with Crippen LogP contribution in [0.2, 0.25) is 0 Å². The van der Waals surface area contributed by atoms with Crippen molar-refractivity contribution in [1.29, 1.82) is 0 Å². The number of nitrogens with two attached hydrogens (primary N) is 1. The summed E-state index contributed by atoms with van der Waals surface area (Å²) in [6, 6.07) is 18.3. The van der Waals surface area contributed by atoms with Crippen LogP contribution in [0.25, 0.3) is 11.3 Å². The summed E-state index contributed by atoms with van der Waals surface area (Å²) in [6.07, 6.45) is 1.61. The number of rotatable bonds is 6. The number of benzene rings is 2. The Hall–Kier alpha value is -3.67. The van der Waals surface area contributed by atoms with Gasteiger partial charge in [-0.15, -0.1) is 0 Å². The molecule has 30 heavy (non-hydrogen) atoms. The normalized spacial score (nSPS) is 14.1. The number of aryl methyl sites for hydroxylation is 1. The molecule has 3 N–H and O–H groups in total. The van der Waals surface area contributed by atoms with Crippen molar-refractivity contribution in [3.8, 4) is 17.0 Å². The third kappa shape index (κ3) is 3.64. The first kappa shape index (κ1) is 19.6. The summed E-state index contributed by atoms with van der Waals surface area (Å²) in [5.41, 5.74) is 8.79.